The van der Waals surface area contributed by atoms with Crippen molar-refractivity contribution in [2.45, 2.75) is 6.92 Å². The van der Waals surface area contributed by atoms with Crippen LogP contribution in [0.4, 0.5) is 0 Å². The number of hydrogen-bond donors (Lipinski definition) is 0. The molecule has 3 rings (SSSR count). The van der Waals surface area contributed by atoms with Crippen LogP contribution in [0.2, 0.25) is 5.02 Å². The summed E-state index contributed by atoms with van der Waals surface area (Å²) in [6.07, 6.45) is 1.70. The van der Waals surface area contributed by atoms with Crippen molar-refractivity contribution in [3.8, 4) is 11.5 Å². The second kappa shape index (κ2) is 5.54. The minimum absolute atomic E-state index is 0.0279. The van der Waals surface area contributed by atoms with E-state index in [1.165, 1.54) is 6.92 Å². The first kappa shape index (κ1) is 13.6. The lowest BCUT2D eigenvalue weighted by atomic mass is 10.1. The summed E-state index contributed by atoms with van der Waals surface area (Å²) in [5, 5.41) is 1.48. The first-order valence-electron chi connectivity index (χ1n) is 6.47. The zero-order valence-corrected chi connectivity index (χ0v) is 12.1. The summed E-state index contributed by atoms with van der Waals surface area (Å²) in [5.74, 6) is 1.31. The summed E-state index contributed by atoms with van der Waals surface area (Å²) in [6, 6.07) is 14.3. The zero-order chi connectivity index (χ0) is 14.8. The van der Waals surface area contributed by atoms with Crippen LogP contribution in [0.3, 0.4) is 0 Å². The van der Waals surface area contributed by atoms with Crippen molar-refractivity contribution in [2.24, 2.45) is 0 Å². The highest BCUT2D eigenvalue weighted by molar-refractivity contribution is 6.35. The van der Waals surface area contributed by atoms with E-state index in [-0.39, 0.29) is 5.78 Å². The fourth-order valence-corrected chi connectivity index (χ4v) is 2.29. The number of ketones is 1. The highest BCUT2D eigenvalue weighted by atomic mass is 35.5. The standard InChI is InChI=1S/C17H12ClNO2/c1-11(20)12-4-6-13(7-5-12)21-16-9-8-15(18)14-3-2-10-19-17(14)16/h2-10H,1H3. The SMILES string of the molecule is CC(=O)c1ccc(Oc2ccc(Cl)c3cccnc23)cc1. The van der Waals surface area contributed by atoms with E-state index in [1.54, 1.807) is 42.6 Å². The number of halogens is 1. The van der Waals surface area contributed by atoms with Crippen molar-refractivity contribution >= 4 is 28.3 Å². The van der Waals surface area contributed by atoms with Gasteiger partial charge >= 0.3 is 0 Å². The molecule has 0 unspecified atom stereocenters. The van der Waals surface area contributed by atoms with E-state index in [2.05, 4.69) is 4.98 Å². The van der Waals surface area contributed by atoms with E-state index in [0.717, 1.165) is 5.39 Å². The maximum absolute atomic E-state index is 11.3. The molecule has 0 saturated heterocycles. The maximum atomic E-state index is 11.3. The van der Waals surface area contributed by atoms with Crippen LogP contribution in [0.25, 0.3) is 10.9 Å². The van der Waals surface area contributed by atoms with E-state index in [0.29, 0.717) is 27.6 Å². The van der Waals surface area contributed by atoms with Gasteiger partial charge in [0.25, 0.3) is 0 Å². The van der Waals surface area contributed by atoms with Gasteiger partial charge in [0.1, 0.15) is 11.3 Å². The molecule has 0 saturated carbocycles. The number of rotatable bonds is 3. The number of benzene rings is 2. The Labute approximate surface area is 127 Å². The molecule has 21 heavy (non-hydrogen) atoms. The molecule has 0 amide bonds. The average Bonchev–Trinajstić information content (AvgIpc) is 2.51. The van der Waals surface area contributed by atoms with Crippen molar-refractivity contribution in [1.82, 2.24) is 4.98 Å². The lowest BCUT2D eigenvalue weighted by molar-refractivity contribution is 0.101. The molecule has 0 aliphatic carbocycles. The normalized spacial score (nSPS) is 10.6. The molecule has 3 aromatic rings. The van der Waals surface area contributed by atoms with Gasteiger partial charge in [0.2, 0.25) is 0 Å². The smallest absolute Gasteiger partial charge is 0.159 e. The summed E-state index contributed by atoms with van der Waals surface area (Å²) >= 11 is 6.15. The Balaban J connectivity index is 1.98. The minimum atomic E-state index is 0.0279. The van der Waals surface area contributed by atoms with Gasteiger partial charge < -0.3 is 4.74 Å². The van der Waals surface area contributed by atoms with Crippen molar-refractivity contribution in [3.05, 3.63) is 65.3 Å². The minimum Gasteiger partial charge on any atom is -0.455 e. The number of fused-ring (bicyclic) bond motifs is 1. The van der Waals surface area contributed by atoms with Gasteiger partial charge in [-0.15, -0.1) is 0 Å². The molecular formula is C17H12ClNO2. The van der Waals surface area contributed by atoms with Gasteiger partial charge in [0.15, 0.2) is 11.5 Å². The molecule has 104 valence electrons. The predicted octanol–water partition coefficient (Wildman–Crippen LogP) is 4.88. The van der Waals surface area contributed by atoms with Gasteiger partial charge in [0, 0.05) is 17.1 Å². The Bertz CT molecular complexity index is 813. The molecule has 0 spiro atoms. The fraction of sp³-hybridized carbons (Fsp3) is 0.0588. The van der Waals surface area contributed by atoms with Crippen molar-refractivity contribution in [1.29, 1.82) is 0 Å². The van der Waals surface area contributed by atoms with Gasteiger partial charge in [0.05, 0.1) is 5.02 Å². The van der Waals surface area contributed by atoms with E-state index in [1.807, 2.05) is 12.1 Å². The lowest BCUT2D eigenvalue weighted by Crippen LogP contribution is -1.92. The van der Waals surface area contributed by atoms with Crippen molar-refractivity contribution < 1.29 is 9.53 Å². The fourth-order valence-electron chi connectivity index (χ4n) is 2.08. The molecule has 0 aliphatic rings. The maximum Gasteiger partial charge on any atom is 0.159 e. The molecule has 1 heterocycles. The van der Waals surface area contributed by atoms with Crippen molar-refractivity contribution in [3.63, 3.8) is 0 Å². The number of pyridine rings is 1. The molecule has 2 aromatic carbocycles. The molecule has 0 atom stereocenters. The molecule has 0 fully saturated rings. The van der Waals surface area contributed by atoms with Crippen LogP contribution in [-0.2, 0) is 0 Å². The summed E-state index contributed by atoms with van der Waals surface area (Å²) in [6.45, 7) is 1.53. The molecule has 1 aromatic heterocycles. The first-order valence-corrected chi connectivity index (χ1v) is 6.85. The van der Waals surface area contributed by atoms with Crippen LogP contribution in [-0.4, -0.2) is 10.8 Å². The van der Waals surface area contributed by atoms with Crippen LogP contribution >= 0.6 is 11.6 Å². The first-order chi connectivity index (χ1) is 10.1. The van der Waals surface area contributed by atoms with Crippen LogP contribution in [0.15, 0.2) is 54.7 Å². The zero-order valence-electron chi connectivity index (χ0n) is 11.3. The number of ether oxygens (including phenoxy) is 1. The average molecular weight is 298 g/mol. The third-order valence-electron chi connectivity index (χ3n) is 3.17. The Morgan fingerprint density at radius 2 is 1.86 bits per heavy atom. The molecule has 3 nitrogen and oxygen atoms in total. The van der Waals surface area contributed by atoms with Crippen LogP contribution in [0.5, 0.6) is 11.5 Å². The van der Waals surface area contributed by atoms with Gasteiger partial charge in [-0.1, -0.05) is 11.6 Å². The summed E-state index contributed by atoms with van der Waals surface area (Å²) in [4.78, 5) is 15.6. The van der Waals surface area contributed by atoms with E-state index in [9.17, 15) is 4.79 Å². The monoisotopic (exact) mass is 297 g/mol. The summed E-state index contributed by atoms with van der Waals surface area (Å²) < 4.78 is 5.85. The second-order valence-corrected chi connectivity index (χ2v) is 5.03. The molecule has 0 radical (unpaired) electrons. The molecule has 0 N–H and O–H groups in total. The molecule has 0 bridgehead atoms. The third kappa shape index (κ3) is 2.73. The van der Waals surface area contributed by atoms with Crippen LogP contribution in [0.1, 0.15) is 17.3 Å². The van der Waals surface area contributed by atoms with Crippen LogP contribution in [0, 0.1) is 0 Å². The molecule has 0 aliphatic heterocycles. The Morgan fingerprint density at radius 1 is 1.10 bits per heavy atom. The summed E-state index contributed by atoms with van der Waals surface area (Å²) in [5.41, 5.74) is 1.36. The molecule has 4 heteroatoms. The topological polar surface area (TPSA) is 39.2 Å². The highest BCUT2D eigenvalue weighted by Gasteiger charge is 2.08. The van der Waals surface area contributed by atoms with E-state index in [4.69, 9.17) is 16.3 Å². The van der Waals surface area contributed by atoms with E-state index < -0.39 is 0 Å². The largest absolute Gasteiger partial charge is 0.455 e. The summed E-state index contributed by atoms with van der Waals surface area (Å²) in [7, 11) is 0. The Hall–Kier alpha value is -2.39. The third-order valence-corrected chi connectivity index (χ3v) is 3.50. The highest BCUT2D eigenvalue weighted by Crippen LogP contribution is 2.32. The molecular weight excluding hydrogens is 286 g/mol. The van der Waals surface area contributed by atoms with Gasteiger partial charge in [-0.25, -0.2) is 0 Å². The van der Waals surface area contributed by atoms with Gasteiger partial charge in [-0.3, -0.25) is 9.78 Å². The Kier molecular flexibility index (Phi) is 3.59. The number of nitrogens with zero attached hydrogens (tertiary/aromatic N) is 1. The number of carbonyl (C=O) groups excluding carboxylic acids is 1. The number of carbonyl (C=O) groups is 1. The van der Waals surface area contributed by atoms with Gasteiger partial charge in [-0.05, 0) is 55.5 Å². The van der Waals surface area contributed by atoms with Crippen molar-refractivity contribution in [2.75, 3.05) is 0 Å². The Morgan fingerprint density at radius 3 is 2.57 bits per heavy atom. The van der Waals surface area contributed by atoms with E-state index >= 15 is 0 Å². The van der Waals surface area contributed by atoms with Crippen LogP contribution < -0.4 is 4.74 Å². The predicted molar refractivity (Wildman–Crippen MR) is 83.3 cm³/mol. The number of Topliss-reactive ketones (excluding diaryl/α,β-unsaturated/α-hetero) is 1. The van der Waals surface area contributed by atoms with Gasteiger partial charge in [-0.2, -0.15) is 0 Å². The quantitative estimate of drug-likeness (QED) is 0.647. The number of aromatic nitrogens is 1. The second-order valence-electron chi connectivity index (χ2n) is 4.63. The number of hydrogen-bond acceptors (Lipinski definition) is 3. The lowest BCUT2D eigenvalue weighted by Gasteiger charge is -2.09.